The molecule has 0 spiro atoms. The zero-order valence-electron chi connectivity index (χ0n) is 13.5. The van der Waals surface area contributed by atoms with Crippen LogP contribution in [0, 0.1) is 0 Å². The zero-order valence-corrected chi connectivity index (χ0v) is 13.5. The molecule has 1 fully saturated rings. The summed E-state index contributed by atoms with van der Waals surface area (Å²) in [6, 6.07) is -0.692. The van der Waals surface area contributed by atoms with Gasteiger partial charge in [0.05, 0.1) is 0 Å². The Labute approximate surface area is 135 Å². The monoisotopic (exact) mass is 321 g/mol. The minimum Gasteiger partial charge on any atom is -0.355 e. The lowest BCUT2D eigenvalue weighted by molar-refractivity contribution is -0.144. The van der Waals surface area contributed by atoms with E-state index >= 15 is 0 Å². The van der Waals surface area contributed by atoms with Gasteiger partial charge in [0, 0.05) is 13.1 Å². The maximum Gasteiger partial charge on any atom is 0.334 e. The number of nitrogens with zero attached hydrogens (tertiary/aromatic N) is 2. The summed E-state index contributed by atoms with van der Waals surface area (Å²) in [6.45, 7) is 2.17. The van der Waals surface area contributed by atoms with Crippen molar-refractivity contribution >= 4 is 23.8 Å². The molecule has 23 heavy (non-hydrogen) atoms. The lowest BCUT2D eigenvalue weighted by Crippen LogP contribution is -2.41. The fourth-order valence-electron chi connectivity index (χ4n) is 2.74. The van der Waals surface area contributed by atoms with Crippen molar-refractivity contribution < 1.29 is 19.2 Å². The molecule has 1 aliphatic carbocycles. The van der Waals surface area contributed by atoms with Gasteiger partial charge in [-0.2, -0.15) is 0 Å². The lowest BCUT2D eigenvalue weighted by atomic mass is 9.97. The van der Waals surface area contributed by atoms with Gasteiger partial charge in [-0.15, -0.1) is 0 Å². The van der Waals surface area contributed by atoms with Crippen LogP contribution in [0.1, 0.15) is 45.4 Å². The summed E-state index contributed by atoms with van der Waals surface area (Å²) in [5.41, 5.74) is 1.23. The standard InChI is InChI=1S/C16H23N3O4/c1-2-9-17-13(20)11-19-15(22)14(21)18(16(19)23)10-8-12-6-4-3-5-7-12/h6H,2-5,7-11H2,1H3,(H,17,20). The van der Waals surface area contributed by atoms with Crippen LogP contribution in [0.2, 0.25) is 0 Å². The van der Waals surface area contributed by atoms with Gasteiger partial charge in [-0.3, -0.25) is 19.3 Å². The lowest BCUT2D eigenvalue weighted by Gasteiger charge is -2.17. The number of rotatable bonds is 7. The predicted octanol–water partition coefficient (Wildman–Crippen LogP) is 1.19. The van der Waals surface area contributed by atoms with E-state index < -0.39 is 30.3 Å². The number of imide groups is 2. The van der Waals surface area contributed by atoms with Gasteiger partial charge in [0.1, 0.15) is 6.54 Å². The quantitative estimate of drug-likeness (QED) is 0.433. The molecule has 0 bridgehead atoms. The fraction of sp³-hybridized carbons (Fsp3) is 0.625. The van der Waals surface area contributed by atoms with Crippen molar-refractivity contribution in [1.29, 1.82) is 0 Å². The van der Waals surface area contributed by atoms with Crippen LogP contribution in [0.25, 0.3) is 0 Å². The normalized spacial score (nSPS) is 18.5. The second kappa shape index (κ2) is 7.89. The average molecular weight is 321 g/mol. The van der Waals surface area contributed by atoms with Gasteiger partial charge in [0.2, 0.25) is 5.91 Å². The molecule has 0 saturated carbocycles. The van der Waals surface area contributed by atoms with E-state index in [0.717, 1.165) is 35.5 Å². The summed E-state index contributed by atoms with van der Waals surface area (Å²) in [5.74, 6) is -2.19. The number of amides is 5. The summed E-state index contributed by atoms with van der Waals surface area (Å²) < 4.78 is 0. The molecule has 126 valence electrons. The Morgan fingerprint density at radius 1 is 1.17 bits per heavy atom. The van der Waals surface area contributed by atoms with E-state index in [1.807, 2.05) is 6.92 Å². The largest absolute Gasteiger partial charge is 0.355 e. The molecule has 0 aromatic heterocycles. The molecule has 1 N–H and O–H groups in total. The Kier molecular flexibility index (Phi) is 5.90. The fourth-order valence-corrected chi connectivity index (χ4v) is 2.74. The Morgan fingerprint density at radius 3 is 2.57 bits per heavy atom. The molecule has 0 aromatic rings. The topological polar surface area (TPSA) is 86.8 Å². The van der Waals surface area contributed by atoms with E-state index in [4.69, 9.17) is 0 Å². The predicted molar refractivity (Wildman–Crippen MR) is 83.3 cm³/mol. The molecular weight excluding hydrogens is 298 g/mol. The first-order valence-electron chi connectivity index (χ1n) is 8.16. The van der Waals surface area contributed by atoms with Crippen molar-refractivity contribution in [3.05, 3.63) is 11.6 Å². The second-order valence-corrected chi connectivity index (χ2v) is 5.84. The van der Waals surface area contributed by atoms with Gasteiger partial charge in [-0.25, -0.2) is 9.69 Å². The van der Waals surface area contributed by atoms with Crippen molar-refractivity contribution in [3.8, 4) is 0 Å². The van der Waals surface area contributed by atoms with E-state index in [1.54, 1.807) is 0 Å². The molecule has 1 saturated heterocycles. The molecule has 0 aromatic carbocycles. The summed E-state index contributed by atoms with van der Waals surface area (Å²) in [7, 11) is 0. The van der Waals surface area contributed by atoms with Crippen LogP contribution < -0.4 is 5.32 Å². The minimum atomic E-state index is -0.917. The molecule has 0 unspecified atom stereocenters. The molecular formula is C16H23N3O4. The van der Waals surface area contributed by atoms with E-state index in [9.17, 15) is 19.2 Å². The van der Waals surface area contributed by atoms with Gasteiger partial charge in [0.15, 0.2) is 0 Å². The van der Waals surface area contributed by atoms with Crippen LogP contribution in [-0.4, -0.2) is 53.2 Å². The number of nitrogens with one attached hydrogen (secondary N) is 1. The Bertz CT molecular complexity index is 541. The van der Waals surface area contributed by atoms with Crippen molar-refractivity contribution in [1.82, 2.24) is 15.1 Å². The highest BCUT2D eigenvalue weighted by molar-refractivity contribution is 6.45. The first-order valence-corrected chi connectivity index (χ1v) is 8.16. The van der Waals surface area contributed by atoms with E-state index in [2.05, 4.69) is 11.4 Å². The van der Waals surface area contributed by atoms with Crippen LogP contribution in [0.5, 0.6) is 0 Å². The van der Waals surface area contributed by atoms with Crippen molar-refractivity contribution in [2.45, 2.75) is 45.4 Å². The van der Waals surface area contributed by atoms with Gasteiger partial charge in [-0.1, -0.05) is 18.6 Å². The smallest absolute Gasteiger partial charge is 0.334 e. The van der Waals surface area contributed by atoms with E-state index in [0.29, 0.717) is 13.0 Å². The number of carbonyl (C=O) groups is 4. The number of hydrogen-bond acceptors (Lipinski definition) is 4. The van der Waals surface area contributed by atoms with E-state index in [-0.39, 0.29) is 6.54 Å². The van der Waals surface area contributed by atoms with Crippen LogP contribution in [0.15, 0.2) is 11.6 Å². The first kappa shape index (κ1) is 17.2. The van der Waals surface area contributed by atoms with Crippen molar-refractivity contribution in [2.24, 2.45) is 0 Å². The van der Waals surface area contributed by atoms with Gasteiger partial charge in [-0.05, 0) is 38.5 Å². The average Bonchev–Trinajstić information content (AvgIpc) is 2.76. The van der Waals surface area contributed by atoms with Crippen LogP contribution in [0.4, 0.5) is 4.79 Å². The van der Waals surface area contributed by atoms with Crippen LogP contribution in [-0.2, 0) is 14.4 Å². The molecule has 0 atom stereocenters. The molecule has 7 heteroatoms. The third-order valence-electron chi connectivity index (χ3n) is 4.05. The van der Waals surface area contributed by atoms with Gasteiger partial charge < -0.3 is 5.32 Å². The molecule has 0 radical (unpaired) electrons. The molecule has 5 amide bonds. The van der Waals surface area contributed by atoms with Crippen LogP contribution >= 0.6 is 0 Å². The Morgan fingerprint density at radius 2 is 1.91 bits per heavy atom. The highest BCUT2D eigenvalue weighted by atomic mass is 16.2. The summed E-state index contributed by atoms with van der Waals surface area (Å²) in [6.07, 6.45) is 7.80. The minimum absolute atomic E-state index is 0.197. The Hall–Kier alpha value is -2.18. The zero-order chi connectivity index (χ0) is 16.8. The van der Waals surface area contributed by atoms with E-state index in [1.165, 1.54) is 12.0 Å². The molecule has 7 nitrogen and oxygen atoms in total. The van der Waals surface area contributed by atoms with Crippen molar-refractivity contribution in [3.63, 3.8) is 0 Å². The summed E-state index contributed by atoms with van der Waals surface area (Å²) >= 11 is 0. The number of carbonyl (C=O) groups excluding carboxylic acids is 4. The maximum atomic E-state index is 12.2. The summed E-state index contributed by atoms with van der Waals surface area (Å²) in [4.78, 5) is 49.4. The maximum absolute atomic E-state index is 12.2. The Balaban J connectivity index is 1.93. The molecule has 2 rings (SSSR count). The number of allylic oxidation sites excluding steroid dienone is 1. The SMILES string of the molecule is CCCNC(=O)CN1C(=O)C(=O)N(CCC2=CCCCC2)C1=O. The molecule has 1 heterocycles. The van der Waals surface area contributed by atoms with Crippen molar-refractivity contribution in [2.75, 3.05) is 19.6 Å². The number of hydrogen-bond donors (Lipinski definition) is 1. The van der Waals surface area contributed by atoms with Crippen LogP contribution in [0.3, 0.4) is 0 Å². The molecule has 2 aliphatic rings. The second-order valence-electron chi connectivity index (χ2n) is 5.84. The first-order chi connectivity index (χ1) is 11.0. The third kappa shape index (κ3) is 4.18. The molecule has 1 aliphatic heterocycles. The summed E-state index contributed by atoms with van der Waals surface area (Å²) in [5, 5.41) is 2.59. The van der Waals surface area contributed by atoms with Gasteiger partial charge in [0.25, 0.3) is 0 Å². The number of urea groups is 1. The van der Waals surface area contributed by atoms with Gasteiger partial charge >= 0.3 is 17.8 Å². The highest BCUT2D eigenvalue weighted by Crippen LogP contribution is 2.21. The highest BCUT2D eigenvalue weighted by Gasteiger charge is 2.44. The third-order valence-corrected chi connectivity index (χ3v) is 4.05.